The van der Waals surface area contributed by atoms with Gasteiger partial charge < -0.3 is 15.4 Å². The van der Waals surface area contributed by atoms with E-state index in [9.17, 15) is 23.2 Å². The highest BCUT2D eigenvalue weighted by Gasteiger charge is 2.20. The van der Waals surface area contributed by atoms with Crippen molar-refractivity contribution in [3.8, 4) is 0 Å². The predicted molar refractivity (Wildman–Crippen MR) is 98.8 cm³/mol. The van der Waals surface area contributed by atoms with Gasteiger partial charge in [0.2, 0.25) is 5.91 Å². The number of amides is 2. The molecule has 2 aromatic carbocycles. The van der Waals surface area contributed by atoms with Crippen molar-refractivity contribution < 1.29 is 27.9 Å². The number of carbonyl (C=O) groups excluding carboxylic acids is 3. The first kappa shape index (κ1) is 21.0. The molecular weight excluding hydrogens is 370 g/mol. The number of esters is 1. The van der Waals surface area contributed by atoms with Crippen LogP contribution in [-0.2, 0) is 14.3 Å². The van der Waals surface area contributed by atoms with Gasteiger partial charge in [-0.15, -0.1) is 0 Å². The maximum Gasteiger partial charge on any atom is 0.339 e. The van der Waals surface area contributed by atoms with E-state index in [0.717, 1.165) is 23.3 Å². The Morgan fingerprint density at radius 3 is 2.18 bits per heavy atom. The fourth-order valence-corrected chi connectivity index (χ4v) is 2.46. The van der Waals surface area contributed by atoms with E-state index in [0.29, 0.717) is 11.8 Å². The number of carbonyl (C=O) groups is 3. The van der Waals surface area contributed by atoms with Crippen molar-refractivity contribution in [3.63, 3.8) is 0 Å². The van der Waals surface area contributed by atoms with Crippen LogP contribution in [0.2, 0.25) is 0 Å². The summed E-state index contributed by atoms with van der Waals surface area (Å²) >= 11 is 0. The van der Waals surface area contributed by atoms with Crippen LogP contribution in [0.3, 0.4) is 0 Å². The van der Waals surface area contributed by atoms with Gasteiger partial charge in [0, 0.05) is 11.8 Å². The molecule has 1 atom stereocenters. The summed E-state index contributed by atoms with van der Waals surface area (Å²) in [5.41, 5.74) is 2.06. The maximum absolute atomic E-state index is 13.2. The van der Waals surface area contributed by atoms with Crippen molar-refractivity contribution in [1.82, 2.24) is 5.32 Å². The minimum Gasteiger partial charge on any atom is -0.449 e. The normalized spacial score (nSPS) is 11.5. The lowest BCUT2D eigenvalue weighted by atomic mass is 10.1. The molecule has 2 rings (SSSR count). The van der Waals surface area contributed by atoms with Gasteiger partial charge in [0.1, 0.15) is 11.6 Å². The number of ether oxygens (including phenoxy) is 1. The molecule has 8 heteroatoms. The third-order valence-electron chi connectivity index (χ3n) is 3.92. The molecule has 0 saturated carbocycles. The number of rotatable bonds is 6. The lowest BCUT2D eigenvalue weighted by Crippen LogP contribution is -2.40. The molecule has 148 valence electrons. The molecule has 0 bridgehead atoms. The van der Waals surface area contributed by atoms with Crippen molar-refractivity contribution in [2.75, 3.05) is 11.9 Å². The second-order valence-electron chi connectivity index (χ2n) is 6.24. The van der Waals surface area contributed by atoms with Crippen molar-refractivity contribution in [2.45, 2.75) is 26.9 Å². The van der Waals surface area contributed by atoms with Gasteiger partial charge in [-0.3, -0.25) is 9.59 Å². The first-order chi connectivity index (χ1) is 13.2. The van der Waals surface area contributed by atoms with Crippen LogP contribution < -0.4 is 10.6 Å². The average Bonchev–Trinajstić information content (AvgIpc) is 2.62. The SMILES string of the molecule is Cc1cccc(C)c1NC(=O)CNC(=O)[C@H](C)OC(=O)c1cc(F)cc(F)c1. The van der Waals surface area contributed by atoms with Crippen LogP contribution >= 0.6 is 0 Å². The van der Waals surface area contributed by atoms with Crippen molar-refractivity contribution in [3.05, 3.63) is 64.7 Å². The molecule has 0 aliphatic carbocycles. The fraction of sp³-hybridized carbons (Fsp3) is 0.250. The second-order valence-corrected chi connectivity index (χ2v) is 6.24. The zero-order valence-corrected chi connectivity index (χ0v) is 15.6. The molecule has 0 fully saturated rings. The predicted octanol–water partition coefficient (Wildman–Crippen LogP) is 2.88. The number of hydrogen-bond acceptors (Lipinski definition) is 4. The summed E-state index contributed by atoms with van der Waals surface area (Å²) in [7, 11) is 0. The number of aryl methyl sites for hydroxylation is 2. The van der Waals surface area contributed by atoms with E-state index in [1.165, 1.54) is 6.92 Å². The number of anilines is 1. The standard InChI is InChI=1S/C20H20F2N2O4/c1-11-5-4-6-12(2)18(11)24-17(25)10-23-19(26)13(3)28-20(27)14-7-15(21)9-16(22)8-14/h4-9,13H,10H2,1-3H3,(H,23,26)(H,24,25)/t13-/m0/s1. The monoisotopic (exact) mass is 390 g/mol. The number of nitrogens with one attached hydrogen (secondary N) is 2. The van der Waals surface area contributed by atoms with E-state index in [4.69, 9.17) is 4.74 Å². The van der Waals surface area contributed by atoms with E-state index < -0.39 is 35.5 Å². The first-order valence-corrected chi connectivity index (χ1v) is 8.48. The summed E-state index contributed by atoms with van der Waals surface area (Å²) < 4.78 is 31.2. The zero-order valence-electron chi connectivity index (χ0n) is 15.6. The molecule has 6 nitrogen and oxygen atoms in total. The molecule has 0 radical (unpaired) electrons. The Hall–Kier alpha value is -3.29. The van der Waals surface area contributed by atoms with Gasteiger partial charge in [-0.05, 0) is 44.0 Å². The molecule has 0 saturated heterocycles. The molecule has 2 aromatic rings. The Morgan fingerprint density at radius 2 is 1.61 bits per heavy atom. The van der Waals surface area contributed by atoms with Crippen LogP contribution in [0.25, 0.3) is 0 Å². The van der Waals surface area contributed by atoms with Crippen LogP contribution in [-0.4, -0.2) is 30.4 Å². The van der Waals surface area contributed by atoms with E-state index in [1.54, 1.807) is 0 Å². The summed E-state index contributed by atoms with van der Waals surface area (Å²) in [6.07, 6.45) is -1.26. The molecule has 0 spiro atoms. The third-order valence-corrected chi connectivity index (χ3v) is 3.92. The Kier molecular flexibility index (Phi) is 6.81. The third kappa shape index (κ3) is 5.60. The van der Waals surface area contributed by atoms with Crippen LogP contribution in [0.4, 0.5) is 14.5 Å². The molecule has 0 aliphatic rings. The van der Waals surface area contributed by atoms with E-state index in [1.807, 2.05) is 32.0 Å². The molecule has 2 amide bonds. The maximum atomic E-state index is 13.2. The van der Waals surface area contributed by atoms with Gasteiger partial charge in [0.15, 0.2) is 6.10 Å². The minimum atomic E-state index is -1.26. The van der Waals surface area contributed by atoms with Gasteiger partial charge in [0.05, 0.1) is 12.1 Å². The van der Waals surface area contributed by atoms with Gasteiger partial charge >= 0.3 is 5.97 Å². The van der Waals surface area contributed by atoms with E-state index in [-0.39, 0.29) is 12.1 Å². The molecule has 0 aliphatic heterocycles. The van der Waals surface area contributed by atoms with Crippen molar-refractivity contribution in [1.29, 1.82) is 0 Å². The van der Waals surface area contributed by atoms with Crippen LogP contribution in [0.15, 0.2) is 36.4 Å². The Labute approximate surface area is 160 Å². The van der Waals surface area contributed by atoms with Crippen LogP contribution in [0.1, 0.15) is 28.4 Å². The summed E-state index contributed by atoms with van der Waals surface area (Å²) in [4.78, 5) is 36.0. The van der Waals surface area contributed by atoms with Crippen molar-refractivity contribution in [2.24, 2.45) is 0 Å². The zero-order chi connectivity index (χ0) is 20.8. The molecule has 28 heavy (non-hydrogen) atoms. The Morgan fingerprint density at radius 1 is 1.04 bits per heavy atom. The average molecular weight is 390 g/mol. The fourth-order valence-electron chi connectivity index (χ4n) is 2.46. The lowest BCUT2D eigenvalue weighted by molar-refractivity contribution is -0.130. The molecule has 0 heterocycles. The van der Waals surface area contributed by atoms with Crippen molar-refractivity contribution >= 4 is 23.5 Å². The summed E-state index contributed by atoms with van der Waals surface area (Å²) in [6.45, 7) is 4.64. The first-order valence-electron chi connectivity index (χ1n) is 8.48. The molecule has 0 aromatic heterocycles. The van der Waals surface area contributed by atoms with Crippen LogP contribution in [0, 0.1) is 25.5 Å². The number of hydrogen-bond donors (Lipinski definition) is 2. The Bertz CT molecular complexity index is 875. The quantitative estimate of drug-likeness (QED) is 0.743. The molecule has 2 N–H and O–H groups in total. The topological polar surface area (TPSA) is 84.5 Å². The summed E-state index contributed by atoms with van der Waals surface area (Å²) in [6, 6.07) is 7.77. The molecular formula is C20H20F2N2O4. The van der Waals surface area contributed by atoms with Gasteiger partial charge in [-0.1, -0.05) is 18.2 Å². The summed E-state index contributed by atoms with van der Waals surface area (Å²) in [5, 5.41) is 5.05. The smallest absolute Gasteiger partial charge is 0.339 e. The minimum absolute atomic E-state index is 0.330. The van der Waals surface area contributed by atoms with Gasteiger partial charge in [-0.25, -0.2) is 13.6 Å². The highest BCUT2D eigenvalue weighted by molar-refractivity contribution is 5.97. The highest BCUT2D eigenvalue weighted by atomic mass is 19.1. The lowest BCUT2D eigenvalue weighted by Gasteiger charge is -2.15. The van der Waals surface area contributed by atoms with Gasteiger partial charge in [-0.2, -0.15) is 0 Å². The van der Waals surface area contributed by atoms with Crippen LogP contribution in [0.5, 0.6) is 0 Å². The molecule has 0 unspecified atom stereocenters. The largest absolute Gasteiger partial charge is 0.449 e. The summed E-state index contributed by atoms with van der Waals surface area (Å²) in [5.74, 6) is -4.10. The van der Waals surface area contributed by atoms with E-state index >= 15 is 0 Å². The van der Waals surface area contributed by atoms with Gasteiger partial charge in [0.25, 0.3) is 5.91 Å². The number of halogens is 2. The number of para-hydroxylation sites is 1. The second kappa shape index (κ2) is 9.07. The Balaban J connectivity index is 1.88. The highest BCUT2D eigenvalue weighted by Crippen LogP contribution is 2.19. The van der Waals surface area contributed by atoms with E-state index in [2.05, 4.69) is 10.6 Å². The number of benzene rings is 2.